The molecule has 30 heavy (non-hydrogen) atoms. The van der Waals surface area contributed by atoms with Crippen LogP contribution >= 0.6 is 0 Å². The van der Waals surface area contributed by atoms with Gasteiger partial charge in [0, 0.05) is 5.56 Å². The van der Waals surface area contributed by atoms with E-state index in [1.54, 1.807) is 6.07 Å². The van der Waals surface area contributed by atoms with Crippen LogP contribution in [0, 0.1) is 11.6 Å². The number of hydrogen-bond acceptors (Lipinski definition) is 4. The van der Waals surface area contributed by atoms with Gasteiger partial charge in [-0.25, -0.2) is 13.5 Å². The first kappa shape index (κ1) is 19.8. The lowest BCUT2D eigenvalue weighted by Crippen LogP contribution is -2.29. The van der Waals surface area contributed by atoms with Crippen LogP contribution in [0.15, 0.2) is 76.4 Å². The Morgan fingerprint density at radius 2 is 1.67 bits per heavy atom. The lowest BCUT2D eigenvalue weighted by atomic mass is 10.2. The summed E-state index contributed by atoms with van der Waals surface area (Å²) in [5.41, 5.74) is -0.385. The molecule has 0 bridgehead atoms. The molecule has 9 heteroatoms. The summed E-state index contributed by atoms with van der Waals surface area (Å²) in [5, 5.41) is 0.0939. The quantitative estimate of drug-likeness (QED) is 0.487. The Hall–Kier alpha value is -3.46. The second-order valence-corrected chi connectivity index (χ2v) is 8.31. The number of ether oxygens (including phenoxy) is 1. The third-order valence-corrected chi connectivity index (χ3v) is 6.43. The van der Waals surface area contributed by atoms with Gasteiger partial charge in [-0.05, 0) is 48.5 Å². The zero-order chi connectivity index (χ0) is 21.5. The molecule has 1 heterocycles. The summed E-state index contributed by atoms with van der Waals surface area (Å²) in [4.78, 5) is 12.9. The number of hydrogen-bond donors (Lipinski definition) is 0. The molecule has 0 radical (unpaired) electrons. The molecule has 0 spiro atoms. The van der Waals surface area contributed by atoms with E-state index in [0.29, 0.717) is 5.75 Å². The average Bonchev–Trinajstić information content (AvgIpc) is 3.01. The van der Waals surface area contributed by atoms with Crippen LogP contribution in [0.25, 0.3) is 10.9 Å². The lowest BCUT2D eigenvalue weighted by molar-refractivity contribution is 0.415. The largest absolute Gasteiger partial charge is 0.497 e. The predicted octanol–water partition coefficient (Wildman–Crippen LogP) is 3.38. The summed E-state index contributed by atoms with van der Waals surface area (Å²) in [7, 11) is -2.87. The molecule has 0 amide bonds. The first-order valence-electron chi connectivity index (χ1n) is 8.87. The van der Waals surface area contributed by atoms with Gasteiger partial charge in [0.1, 0.15) is 17.4 Å². The fraction of sp³-hybridized carbons (Fsp3) is 0.0952. The SMILES string of the molecule is COc1ccc2c(c1)c(=O)n(Cc1ccccc1F)n2S(=O)(=O)c1ccc(F)cc1. The number of rotatable bonds is 5. The van der Waals surface area contributed by atoms with Gasteiger partial charge in [-0.3, -0.25) is 4.79 Å². The lowest BCUT2D eigenvalue weighted by Gasteiger charge is -2.14. The maximum atomic E-state index is 14.2. The van der Waals surface area contributed by atoms with E-state index in [1.807, 2.05) is 0 Å². The molecule has 0 fully saturated rings. The fourth-order valence-electron chi connectivity index (χ4n) is 3.22. The topological polar surface area (TPSA) is 70.3 Å². The summed E-state index contributed by atoms with van der Waals surface area (Å²) in [6.07, 6.45) is 0. The van der Waals surface area contributed by atoms with E-state index in [-0.39, 0.29) is 27.9 Å². The van der Waals surface area contributed by atoms with Crippen molar-refractivity contribution in [3.8, 4) is 5.75 Å². The standard InChI is InChI=1S/C21H16F2N2O4S/c1-29-16-8-11-20-18(12-16)21(26)24(13-14-4-2-3-5-19(14)23)25(20)30(27,28)17-9-6-15(22)7-10-17/h2-12H,13H2,1H3. The summed E-state index contributed by atoms with van der Waals surface area (Å²) in [6, 6.07) is 14.4. The minimum atomic E-state index is -4.29. The monoisotopic (exact) mass is 430 g/mol. The molecule has 3 aromatic carbocycles. The van der Waals surface area contributed by atoms with Crippen LogP contribution < -0.4 is 10.3 Å². The summed E-state index contributed by atoms with van der Waals surface area (Å²) in [6.45, 7) is -0.317. The summed E-state index contributed by atoms with van der Waals surface area (Å²) >= 11 is 0. The molecule has 0 saturated heterocycles. The number of methoxy groups -OCH3 is 1. The molecular formula is C21H16F2N2O4S. The van der Waals surface area contributed by atoms with Crippen LogP contribution in [0.4, 0.5) is 8.78 Å². The second kappa shape index (κ2) is 7.42. The third kappa shape index (κ3) is 3.26. The van der Waals surface area contributed by atoms with Gasteiger partial charge in [0.2, 0.25) is 0 Å². The van der Waals surface area contributed by atoms with Crippen LogP contribution in [0.1, 0.15) is 5.56 Å². The number of aromatic nitrogens is 2. The average molecular weight is 430 g/mol. The summed E-state index contributed by atoms with van der Waals surface area (Å²) < 4.78 is 61.2. The summed E-state index contributed by atoms with van der Waals surface area (Å²) in [5.74, 6) is -0.799. The molecule has 0 atom stereocenters. The van der Waals surface area contributed by atoms with E-state index in [0.717, 1.165) is 33.0 Å². The van der Waals surface area contributed by atoms with Crippen LogP contribution in [0.2, 0.25) is 0 Å². The zero-order valence-corrected chi connectivity index (χ0v) is 16.6. The van der Waals surface area contributed by atoms with E-state index in [2.05, 4.69) is 0 Å². The molecule has 0 N–H and O–H groups in total. The van der Waals surface area contributed by atoms with Crippen molar-refractivity contribution in [2.75, 3.05) is 7.11 Å². The molecule has 0 saturated carbocycles. The number of nitrogens with zero attached hydrogens (tertiary/aromatic N) is 2. The number of fused-ring (bicyclic) bond motifs is 1. The Bertz CT molecular complexity index is 1410. The Morgan fingerprint density at radius 3 is 2.33 bits per heavy atom. The Kier molecular flexibility index (Phi) is 4.90. The fourth-order valence-corrected chi connectivity index (χ4v) is 4.71. The van der Waals surface area contributed by atoms with Crippen molar-refractivity contribution in [3.05, 3.63) is 94.3 Å². The van der Waals surface area contributed by atoms with Crippen molar-refractivity contribution >= 4 is 20.9 Å². The minimum absolute atomic E-state index is 0.0939. The van der Waals surface area contributed by atoms with Gasteiger partial charge in [-0.1, -0.05) is 18.2 Å². The highest BCUT2D eigenvalue weighted by Gasteiger charge is 2.26. The van der Waals surface area contributed by atoms with Crippen LogP contribution in [0.3, 0.4) is 0 Å². The molecule has 4 aromatic rings. The van der Waals surface area contributed by atoms with E-state index in [1.165, 1.54) is 43.5 Å². The normalized spacial score (nSPS) is 11.7. The highest BCUT2D eigenvalue weighted by molar-refractivity contribution is 7.90. The van der Waals surface area contributed by atoms with Gasteiger partial charge < -0.3 is 4.74 Å². The van der Waals surface area contributed by atoms with Crippen molar-refractivity contribution in [3.63, 3.8) is 0 Å². The molecular weight excluding hydrogens is 414 g/mol. The van der Waals surface area contributed by atoms with Gasteiger partial charge in [0.05, 0.1) is 29.5 Å². The smallest absolute Gasteiger partial charge is 0.282 e. The highest BCUT2D eigenvalue weighted by atomic mass is 32.2. The molecule has 0 aliphatic rings. The minimum Gasteiger partial charge on any atom is -0.497 e. The molecule has 4 rings (SSSR count). The van der Waals surface area contributed by atoms with E-state index >= 15 is 0 Å². The maximum Gasteiger partial charge on any atom is 0.282 e. The predicted molar refractivity (Wildman–Crippen MR) is 107 cm³/mol. The van der Waals surface area contributed by atoms with Gasteiger partial charge in [-0.15, -0.1) is 0 Å². The van der Waals surface area contributed by atoms with Gasteiger partial charge in [-0.2, -0.15) is 12.5 Å². The van der Waals surface area contributed by atoms with E-state index in [9.17, 15) is 22.0 Å². The molecule has 6 nitrogen and oxygen atoms in total. The van der Waals surface area contributed by atoms with Crippen LogP contribution in [-0.2, 0) is 16.6 Å². The van der Waals surface area contributed by atoms with Crippen molar-refractivity contribution in [2.45, 2.75) is 11.4 Å². The van der Waals surface area contributed by atoms with E-state index < -0.39 is 27.2 Å². The van der Waals surface area contributed by atoms with Gasteiger partial charge >= 0.3 is 0 Å². The third-order valence-electron chi connectivity index (χ3n) is 4.71. The Balaban J connectivity index is 2.02. The highest BCUT2D eigenvalue weighted by Crippen LogP contribution is 2.24. The zero-order valence-electron chi connectivity index (χ0n) is 15.7. The van der Waals surface area contributed by atoms with E-state index in [4.69, 9.17) is 4.74 Å². The molecule has 0 unspecified atom stereocenters. The molecule has 154 valence electrons. The van der Waals surface area contributed by atoms with Crippen molar-refractivity contribution < 1.29 is 21.9 Å². The van der Waals surface area contributed by atoms with Crippen LogP contribution in [0.5, 0.6) is 5.75 Å². The maximum absolute atomic E-state index is 14.2. The Morgan fingerprint density at radius 1 is 0.967 bits per heavy atom. The van der Waals surface area contributed by atoms with Crippen molar-refractivity contribution in [1.29, 1.82) is 0 Å². The number of halogens is 2. The van der Waals surface area contributed by atoms with Gasteiger partial charge in [0.15, 0.2) is 0 Å². The van der Waals surface area contributed by atoms with Crippen LogP contribution in [-0.4, -0.2) is 24.3 Å². The first-order valence-corrected chi connectivity index (χ1v) is 10.3. The van der Waals surface area contributed by atoms with Crippen molar-refractivity contribution in [2.24, 2.45) is 0 Å². The molecule has 0 aliphatic carbocycles. The van der Waals surface area contributed by atoms with Crippen molar-refractivity contribution in [1.82, 2.24) is 8.77 Å². The molecule has 0 aliphatic heterocycles. The Labute approximate surface area is 170 Å². The number of benzene rings is 3. The van der Waals surface area contributed by atoms with Gasteiger partial charge in [0.25, 0.3) is 15.6 Å². The molecule has 1 aromatic heterocycles. The first-order chi connectivity index (χ1) is 14.3. The second-order valence-electron chi connectivity index (χ2n) is 6.54.